The Morgan fingerprint density at radius 1 is 0.422 bits per heavy atom. The molecule has 0 amide bonds. The minimum absolute atomic E-state index is 0.908. The first-order valence-corrected chi connectivity index (χ1v) is 23.5. The highest BCUT2D eigenvalue weighted by Crippen LogP contribution is 2.45. The van der Waals surface area contributed by atoms with Gasteiger partial charge >= 0.3 is 0 Å². The van der Waals surface area contributed by atoms with E-state index in [9.17, 15) is 0 Å². The van der Waals surface area contributed by atoms with Crippen molar-refractivity contribution < 1.29 is 0 Å². The molecule has 0 unspecified atom stereocenters. The molecule has 0 fully saturated rings. The molecule has 13 rings (SSSR count). The summed E-state index contributed by atoms with van der Waals surface area (Å²) in [6.45, 7) is 4.54. The SMILES string of the molecule is CCCc1ccc2c(c1)c1ccc3c4cc(CCC)ccc4n(-c4cccc5c4c4ccccc4n5-c4ccccc4)c3c1n2-c1cccc(-c2ccc3sc4ccccc4c3c2)n1. The van der Waals surface area contributed by atoms with Crippen molar-refractivity contribution in [3.05, 3.63) is 193 Å². The standard InChI is InChI=1S/C59H44N4S/c1-3-14-37-26-31-50-45(34-37)42-29-30-43-46-35-38(15-4-2)27-32-51(46)63(56-25-12-20-48(60-56)39-28-33-55-47(36-39)41-18-9-11-24-54(41)64-55)59(43)58(42)62(50)53-23-13-22-52-57(53)44-19-8-10-21-49(44)61(52)40-16-6-5-7-17-40/h5-13,16-36H,3-4,14-15H2,1-2H3. The number of fused-ring (bicyclic) bond motifs is 13. The van der Waals surface area contributed by atoms with Crippen LogP contribution in [-0.4, -0.2) is 18.7 Å². The molecular weight excluding hydrogens is 797 g/mol. The first-order chi connectivity index (χ1) is 31.7. The van der Waals surface area contributed by atoms with E-state index in [1.165, 1.54) is 96.9 Å². The van der Waals surface area contributed by atoms with Crippen LogP contribution in [0.25, 0.3) is 114 Å². The Balaban J connectivity index is 1.16. The third-order valence-electron chi connectivity index (χ3n) is 13.4. The number of hydrogen-bond donors (Lipinski definition) is 0. The molecule has 0 radical (unpaired) electrons. The Morgan fingerprint density at radius 2 is 1.05 bits per heavy atom. The zero-order chi connectivity index (χ0) is 42.5. The smallest absolute Gasteiger partial charge is 0.138 e. The van der Waals surface area contributed by atoms with Crippen molar-refractivity contribution in [2.24, 2.45) is 0 Å². The van der Waals surface area contributed by atoms with Gasteiger partial charge in [0.15, 0.2) is 0 Å². The zero-order valence-corrected chi connectivity index (χ0v) is 36.7. The molecule has 64 heavy (non-hydrogen) atoms. The van der Waals surface area contributed by atoms with Crippen LogP contribution in [0.1, 0.15) is 37.8 Å². The highest BCUT2D eigenvalue weighted by atomic mass is 32.1. The maximum absolute atomic E-state index is 5.60. The van der Waals surface area contributed by atoms with E-state index in [1.54, 1.807) is 0 Å². The first-order valence-electron chi connectivity index (χ1n) is 22.7. The monoisotopic (exact) mass is 840 g/mol. The van der Waals surface area contributed by atoms with E-state index >= 15 is 0 Å². The molecule has 5 heteroatoms. The van der Waals surface area contributed by atoms with Gasteiger partial charge in [0.1, 0.15) is 5.82 Å². The topological polar surface area (TPSA) is 27.7 Å². The number of benzene rings is 8. The summed E-state index contributed by atoms with van der Waals surface area (Å²) in [5, 5.41) is 10.0. The Labute approximate surface area is 374 Å². The van der Waals surface area contributed by atoms with Gasteiger partial charge in [0, 0.05) is 63.7 Å². The zero-order valence-electron chi connectivity index (χ0n) is 35.8. The van der Waals surface area contributed by atoms with Crippen LogP contribution in [0.4, 0.5) is 0 Å². The first kappa shape index (κ1) is 37.1. The molecule has 0 saturated heterocycles. The van der Waals surface area contributed by atoms with Gasteiger partial charge in [0.2, 0.25) is 0 Å². The van der Waals surface area contributed by atoms with Gasteiger partial charge in [0.05, 0.1) is 44.5 Å². The molecule has 8 aromatic carbocycles. The Kier molecular flexibility index (Phi) is 8.44. The molecular formula is C59H44N4S. The number of nitrogens with zero attached hydrogens (tertiary/aromatic N) is 4. The number of aromatic nitrogens is 4. The van der Waals surface area contributed by atoms with Crippen molar-refractivity contribution in [3.8, 4) is 28.5 Å². The summed E-state index contributed by atoms with van der Waals surface area (Å²) in [7, 11) is 0. The minimum Gasteiger partial charge on any atom is -0.309 e. The maximum Gasteiger partial charge on any atom is 0.138 e. The van der Waals surface area contributed by atoms with Crippen molar-refractivity contribution in [1.29, 1.82) is 0 Å². The van der Waals surface area contributed by atoms with Gasteiger partial charge in [-0.3, -0.25) is 4.57 Å². The van der Waals surface area contributed by atoms with Crippen molar-refractivity contribution in [3.63, 3.8) is 0 Å². The predicted octanol–water partition coefficient (Wildman–Crippen LogP) is 16.3. The number of para-hydroxylation sites is 2. The molecule has 5 aromatic heterocycles. The molecule has 0 bridgehead atoms. The van der Waals surface area contributed by atoms with Crippen LogP contribution < -0.4 is 0 Å². The van der Waals surface area contributed by atoms with Gasteiger partial charge in [-0.05, 0) is 109 Å². The number of pyridine rings is 1. The van der Waals surface area contributed by atoms with E-state index in [-0.39, 0.29) is 0 Å². The molecule has 0 spiro atoms. The summed E-state index contributed by atoms with van der Waals surface area (Å²) >= 11 is 1.85. The molecule has 4 nitrogen and oxygen atoms in total. The van der Waals surface area contributed by atoms with E-state index < -0.39 is 0 Å². The molecule has 306 valence electrons. The van der Waals surface area contributed by atoms with Gasteiger partial charge < -0.3 is 9.13 Å². The number of rotatable bonds is 8. The van der Waals surface area contributed by atoms with Crippen LogP contribution in [0.2, 0.25) is 0 Å². The van der Waals surface area contributed by atoms with Crippen LogP contribution in [0.5, 0.6) is 0 Å². The second-order valence-electron chi connectivity index (χ2n) is 17.3. The third kappa shape index (κ3) is 5.50. The summed E-state index contributed by atoms with van der Waals surface area (Å²) < 4.78 is 10.1. The fraction of sp³-hybridized carbons (Fsp3) is 0.102. The van der Waals surface area contributed by atoms with Crippen LogP contribution in [0, 0.1) is 0 Å². The Bertz CT molecular complexity index is 3990. The van der Waals surface area contributed by atoms with E-state index in [0.29, 0.717) is 0 Å². The maximum atomic E-state index is 5.60. The number of hydrogen-bond acceptors (Lipinski definition) is 2. The van der Waals surface area contributed by atoms with Gasteiger partial charge in [0.25, 0.3) is 0 Å². The molecule has 5 heterocycles. The van der Waals surface area contributed by atoms with Crippen molar-refractivity contribution >= 4 is 96.9 Å². The van der Waals surface area contributed by atoms with Crippen molar-refractivity contribution in [2.45, 2.75) is 39.5 Å². The van der Waals surface area contributed by atoms with Crippen LogP contribution in [-0.2, 0) is 12.8 Å². The largest absolute Gasteiger partial charge is 0.309 e. The minimum atomic E-state index is 0.908. The quantitative estimate of drug-likeness (QED) is 0.150. The Hall–Kier alpha value is -7.47. The van der Waals surface area contributed by atoms with Gasteiger partial charge in [-0.2, -0.15) is 0 Å². The summed E-state index contributed by atoms with van der Waals surface area (Å²) in [5.74, 6) is 0.908. The van der Waals surface area contributed by atoms with Gasteiger partial charge in [-0.1, -0.05) is 124 Å². The van der Waals surface area contributed by atoms with Crippen LogP contribution >= 0.6 is 11.3 Å². The lowest BCUT2D eigenvalue weighted by molar-refractivity contribution is 0.923. The van der Waals surface area contributed by atoms with E-state index in [4.69, 9.17) is 4.98 Å². The average Bonchev–Trinajstić information content (AvgIpc) is 4.08. The number of thiophene rings is 1. The van der Waals surface area contributed by atoms with E-state index in [0.717, 1.165) is 54.0 Å². The predicted molar refractivity (Wildman–Crippen MR) is 274 cm³/mol. The summed E-state index contributed by atoms with van der Waals surface area (Å²) in [6, 6.07) is 67.7. The normalized spacial score (nSPS) is 12.2. The highest BCUT2D eigenvalue weighted by molar-refractivity contribution is 7.25. The summed E-state index contributed by atoms with van der Waals surface area (Å²) in [5.41, 5.74) is 14.2. The average molecular weight is 841 g/mol. The molecule has 0 atom stereocenters. The lowest BCUT2D eigenvalue weighted by atomic mass is 10.0. The van der Waals surface area contributed by atoms with Crippen molar-refractivity contribution in [1.82, 2.24) is 18.7 Å². The summed E-state index contributed by atoms with van der Waals surface area (Å²) in [4.78, 5) is 5.60. The molecule has 0 saturated carbocycles. The Morgan fingerprint density at radius 3 is 1.81 bits per heavy atom. The number of aryl methyl sites for hydroxylation is 2. The van der Waals surface area contributed by atoms with Crippen molar-refractivity contribution in [2.75, 3.05) is 0 Å². The molecule has 0 aliphatic heterocycles. The molecule has 0 aliphatic carbocycles. The molecule has 13 aromatic rings. The molecule has 0 aliphatic rings. The highest BCUT2D eigenvalue weighted by Gasteiger charge is 2.25. The van der Waals surface area contributed by atoms with Gasteiger partial charge in [-0.15, -0.1) is 11.3 Å². The molecule has 0 N–H and O–H groups in total. The van der Waals surface area contributed by atoms with E-state index in [2.05, 4.69) is 210 Å². The fourth-order valence-corrected chi connectivity index (χ4v) is 11.8. The van der Waals surface area contributed by atoms with E-state index in [1.807, 2.05) is 11.3 Å². The fourth-order valence-electron chi connectivity index (χ4n) is 10.7. The lowest BCUT2D eigenvalue weighted by Crippen LogP contribution is -2.01. The van der Waals surface area contributed by atoms with Crippen LogP contribution in [0.15, 0.2) is 182 Å². The van der Waals surface area contributed by atoms with Gasteiger partial charge in [-0.25, -0.2) is 4.98 Å². The third-order valence-corrected chi connectivity index (χ3v) is 14.6. The lowest BCUT2D eigenvalue weighted by Gasteiger charge is -2.14. The second-order valence-corrected chi connectivity index (χ2v) is 18.4. The second kappa shape index (κ2) is 14.5. The summed E-state index contributed by atoms with van der Waals surface area (Å²) in [6.07, 6.45) is 4.26. The van der Waals surface area contributed by atoms with Crippen LogP contribution in [0.3, 0.4) is 0 Å².